The van der Waals surface area contributed by atoms with E-state index >= 15 is 0 Å². The monoisotopic (exact) mass is 499 g/mol. The van der Waals surface area contributed by atoms with E-state index in [0.29, 0.717) is 24.4 Å². The van der Waals surface area contributed by atoms with E-state index in [1.807, 2.05) is 37.3 Å². The maximum atomic E-state index is 11.2. The van der Waals surface area contributed by atoms with Crippen LogP contribution in [0, 0.1) is 33.8 Å². The van der Waals surface area contributed by atoms with Crippen LogP contribution in [-0.4, -0.2) is 11.6 Å². The first-order chi connectivity index (χ1) is 14.9. The Hall–Kier alpha value is -1.90. The van der Waals surface area contributed by atoms with Crippen molar-refractivity contribution in [2.45, 2.75) is 52.9 Å². The van der Waals surface area contributed by atoms with Crippen LogP contribution >= 0.6 is 0 Å². The predicted molar refractivity (Wildman–Crippen MR) is 127 cm³/mol. The molecule has 32 heavy (non-hydrogen) atoms. The second kappa shape index (κ2) is 12.4. The van der Waals surface area contributed by atoms with Crippen LogP contribution in [-0.2, 0) is 52.0 Å². The first-order valence-electron chi connectivity index (χ1n) is 10.9. The summed E-state index contributed by atoms with van der Waals surface area (Å²) in [6.07, 6.45) is 4.13. The molecule has 2 aliphatic carbocycles. The third-order valence-corrected chi connectivity index (χ3v) is 5.66. The normalized spacial score (nSPS) is 13.1. The zero-order chi connectivity index (χ0) is 22.4. The Morgan fingerprint density at radius 3 is 1.97 bits per heavy atom. The Bertz CT molecular complexity index is 1100. The van der Waals surface area contributed by atoms with Gasteiger partial charge in [-0.3, -0.25) is 9.59 Å². The van der Waals surface area contributed by atoms with E-state index in [1.54, 1.807) is 0 Å². The van der Waals surface area contributed by atoms with E-state index < -0.39 is 0 Å². The first kappa shape index (κ1) is 26.4. The number of fused-ring (bicyclic) bond motifs is 2. The third-order valence-electron chi connectivity index (χ3n) is 5.66. The Labute approximate surface area is 217 Å². The van der Waals surface area contributed by atoms with Gasteiger partial charge in [-0.05, 0) is 43.9 Å². The quantitative estimate of drug-likeness (QED) is 0.362. The Morgan fingerprint density at radius 2 is 1.31 bits per heavy atom. The van der Waals surface area contributed by atoms with E-state index in [2.05, 4.69) is 51.1 Å². The fraction of sp³-hybridized carbons (Fsp3) is 0.276. The number of carbonyl (C=O) groups excluding carboxylic acids is 2. The van der Waals surface area contributed by atoms with Crippen molar-refractivity contribution in [2.75, 3.05) is 0 Å². The Kier molecular flexibility index (Phi) is 10.2. The minimum Gasteiger partial charge on any atom is -0.341 e. The van der Waals surface area contributed by atoms with E-state index in [4.69, 9.17) is 0 Å². The first-order valence-corrected chi connectivity index (χ1v) is 10.9. The van der Waals surface area contributed by atoms with Crippen molar-refractivity contribution >= 4 is 11.6 Å². The van der Waals surface area contributed by atoms with Gasteiger partial charge in [0.2, 0.25) is 0 Å². The van der Waals surface area contributed by atoms with Gasteiger partial charge < -0.3 is 6.92 Å². The van der Waals surface area contributed by atoms with Gasteiger partial charge in [-0.25, -0.2) is 0 Å². The molecule has 0 saturated carbocycles. The molecule has 1 radical (unpaired) electrons. The largest absolute Gasteiger partial charge is 0.341 e. The fourth-order valence-electron chi connectivity index (χ4n) is 3.92. The molecule has 3 aromatic carbocycles. The minimum absolute atomic E-state index is 0. The summed E-state index contributed by atoms with van der Waals surface area (Å²) < 4.78 is 0. The number of hydrogen-bond acceptors (Lipinski definition) is 2. The van der Waals surface area contributed by atoms with Crippen molar-refractivity contribution in [1.29, 1.82) is 0 Å². The van der Waals surface area contributed by atoms with Gasteiger partial charge in [-0.1, -0.05) is 48.4 Å². The van der Waals surface area contributed by atoms with Gasteiger partial charge in [0.1, 0.15) is 0 Å². The van der Waals surface area contributed by atoms with E-state index in [-0.39, 0.29) is 32.7 Å². The zero-order valence-electron chi connectivity index (χ0n) is 19.3. The minimum atomic E-state index is 0. The summed E-state index contributed by atoms with van der Waals surface area (Å²) in [5.41, 5.74) is 9.25. The average molecular weight is 499 g/mol. The second-order valence-electron chi connectivity index (χ2n) is 8.31. The molecule has 163 valence electrons. The zero-order valence-corrected chi connectivity index (χ0v) is 22.2. The molecule has 0 atom stereocenters. The molecule has 0 bridgehead atoms. The molecular formula is C29H30O2Y-2. The van der Waals surface area contributed by atoms with Gasteiger partial charge in [0.05, 0.1) is 0 Å². The van der Waals surface area contributed by atoms with Crippen molar-refractivity contribution in [3.8, 4) is 0 Å². The van der Waals surface area contributed by atoms with Crippen molar-refractivity contribution < 1.29 is 42.3 Å². The summed E-state index contributed by atoms with van der Waals surface area (Å²) in [6, 6.07) is 21.4. The van der Waals surface area contributed by atoms with Crippen LogP contribution in [0.3, 0.4) is 0 Å². The van der Waals surface area contributed by atoms with Crippen LogP contribution in [0.15, 0.2) is 54.6 Å². The molecular weight excluding hydrogens is 469 g/mol. The van der Waals surface area contributed by atoms with Crippen molar-refractivity contribution in [2.24, 2.45) is 0 Å². The summed E-state index contributed by atoms with van der Waals surface area (Å²) >= 11 is 0. The molecule has 0 heterocycles. The van der Waals surface area contributed by atoms with Gasteiger partial charge in [0.15, 0.2) is 11.6 Å². The van der Waals surface area contributed by atoms with E-state index in [9.17, 15) is 9.59 Å². The van der Waals surface area contributed by atoms with Crippen molar-refractivity contribution in [1.82, 2.24) is 0 Å². The predicted octanol–water partition coefficient (Wildman–Crippen LogP) is 6.42. The SMILES string of the molecule is Cc1ccc2c(c1)C(=O)CC2.Cc1ccc2c(c1)CCC2=O.[CH2-]Cc1[c-]ccc(C)c1.[Y]. The summed E-state index contributed by atoms with van der Waals surface area (Å²) in [7, 11) is 0. The molecule has 2 aliphatic rings. The van der Waals surface area contributed by atoms with Gasteiger partial charge >= 0.3 is 0 Å². The molecule has 5 rings (SSSR count). The third kappa shape index (κ3) is 7.05. The number of hydrogen-bond donors (Lipinski definition) is 0. The molecule has 3 aromatic rings. The van der Waals surface area contributed by atoms with Crippen LogP contribution in [0.25, 0.3) is 0 Å². The van der Waals surface area contributed by atoms with Gasteiger partial charge in [-0.2, -0.15) is 41.8 Å². The maximum absolute atomic E-state index is 11.2. The van der Waals surface area contributed by atoms with Crippen LogP contribution in [0.4, 0.5) is 0 Å². The molecule has 0 aliphatic heterocycles. The molecule has 0 amide bonds. The molecule has 0 saturated heterocycles. The maximum Gasteiger partial charge on any atom is 0.163 e. The van der Waals surface area contributed by atoms with E-state index in [0.717, 1.165) is 30.4 Å². The molecule has 3 heteroatoms. The van der Waals surface area contributed by atoms with Gasteiger partial charge in [0, 0.05) is 56.7 Å². The average Bonchev–Trinajstić information content (AvgIpc) is 3.31. The summed E-state index contributed by atoms with van der Waals surface area (Å²) in [5.74, 6) is 0.615. The molecule has 0 fully saturated rings. The summed E-state index contributed by atoms with van der Waals surface area (Å²) in [6.45, 7) is 9.92. The molecule has 0 spiro atoms. The van der Waals surface area contributed by atoms with Crippen LogP contribution in [0.5, 0.6) is 0 Å². The molecule has 0 aromatic heterocycles. The summed E-state index contributed by atoms with van der Waals surface area (Å²) in [4.78, 5) is 22.4. The number of carbonyl (C=O) groups is 2. The number of rotatable bonds is 1. The van der Waals surface area contributed by atoms with Gasteiger partial charge in [0.25, 0.3) is 0 Å². The Balaban J connectivity index is 0.000000169. The van der Waals surface area contributed by atoms with Crippen LogP contribution < -0.4 is 0 Å². The molecule has 0 unspecified atom stereocenters. The second-order valence-corrected chi connectivity index (χ2v) is 8.31. The fourth-order valence-corrected chi connectivity index (χ4v) is 3.92. The standard InChI is InChI=1S/2C10H10O.C9H10.Y/c1-7-2-4-9-8(6-7)3-5-10(9)11;1-7-2-3-8-4-5-10(11)9(8)6-7;1-3-9-6-4-5-8(2)7-9;/h2,4,6H,3,5H2,1H3;2-3,6H,4-5H2,1H3;4-5,7H,1,3H2,2H3;/q;;-2;. The number of Topliss-reactive ketones (excluding diaryl/α,β-unsaturated/α-hetero) is 2. The van der Waals surface area contributed by atoms with Crippen LogP contribution in [0.2, 0.25) is 0 Å². The Morgan fingerprint density at radius 1 is 0.719 bits per heavy atom. The smallest absolute Gasteiger partial charge is 0.163 e. The van der Waals surface area contributed by atoms with Crippen molar-refractivity contribution in [3.63, 3.8) is 0 Å². The van der Waals surface area contributed by atoms with E-state index in [1.165, 1.54) is 33.4 Å². The number of ketones is 2. The molecule has 2 nitrogen and oxygen atoms in total. The van der Waals surface area contributed by atoms with Gasteiger partial charge in [-0.15, -0.1) is 0 Å². The molecule has 0 N–H and O–H groups in total. The summed E-state index contributed by atoms with van der Waals surface area (Å²) in [5, 5.41) is 0. The number of benzene rings is 3. The van der Waals surface area contributed by atoms with Crippen molar-refractivity contribution in [3.05, 3.63) is 112 Å². The number of aryl methyl sites for hydroxylation is 5. The van der Waals surface area contributed by atoms with Crippen LogP contribution in [0.1, 0.15) is 66.9 Å². The topological polar surface area (TPSA) is 34.1 Å².